The third kappa shape index (κ3) is 3.26. The molecule has 0 radical (unpaired) electrons. The maximum atomic E-state index is 13.1. The van der Waals surface area contributed by atoms with Crippen LogP contribution in [-0.2, 0) is 9.59 Å². The molecule has 0 unspecified atom stereocenters. The molecule has 0 fully saturated rings. The zero-order valence-corrected chi connectivity index (χ0v) is 16.1. The lowest BCUT2D eigenvalue weighted by Crippen LogP contribution is -2.32. The molecule has 28 heavy (non-hydrogen) atoms. The largest absolute Gasteiger partial charge is 0.502 e. The molecule has 0 aliphatic carbocycles. The number of carbonyl (C=O) groups excluding carboxylic acids is 2. The average Bonchev–Trinajstić information content (AvgIpc) is 2.90. The first-order valence-electron chi connectivity index (χ1n) is 8.69. The third-order valence-electron chi connectivity index (χ3n) is 4.20. The van der Waals surface area contributed by atoms with E-state index in [9.17, 15) is 14.7 Å². The van der Waals surface area contributed by atoms with Gasteiger partial charge in [-0.2, -0.15) is 0 Å². The van der Waals surface area contributed by atoms with Crippen LogP contribution in [0, 0.1) is 0 Å². The number of hydrogen-bond acceptors (Lipinski definition) is 6. The Hall–Kier alpha value is -3.48. The molecule has 0 saturated carbocycles. The van der Waals surface area contributed by atoms with Crippen LogP contribution < -0.4 is 19.1 Å². The fourth-order valence-electron chi connectivity index (χ4n) is 2.98. The zero-order chi connectivity index (χ0) is 20.4. The summed E-state index contributed by atoms with van der Waals surface area (Å²) in [6, 6.07) is 11.4. The van der Waals surface area contributed by atoms with Crippen molar-refractivity contribution in [2.24, 2.45) is 0 Å². The van der Waals surface area contributed by atoms with Gasteiger partial charge in [0.25, 0.3) is 5.91 Å². The number of aliphatic hydroxyl groups excluding tert-OH is 1. The second-order valence-corrected chi connectivity index (χ2v) is 6.37. The van der Waals surface area contributed by atoms with Crippen LogP contribution in [0.15, 0.2) is 48.2 Å². The molecule has 2 aromatic carbocycles. The minimum atomic E-state index is -0.811. The molecule has 0 bridgehead atoms. The van der Waals surface area contributed by atoms with Crippen molar-refractivity contribution in [1.29, 1.82) is 0 Å². The van der Waals surface area contributed by atoms with Crippen LogP contribution in [0.3, 0.4) is 0 Å². The van der Waals surface area contributed by atoms with Crippen molar-refractivity contribution >= 4 is 23.1 Å². The fourth-order valence-corrected chi connectivity index (χ4v) is 2.98. The summed E-state index contributed by atoms with van der Waals surface area (Å²) in [4.78, 5) is 26.7. The van der Waals surface area contributed by atoms with Gasteiger partial charge in [-0.15, -0.1) is 0 Å². The monoisotopic (exact) mass is 383 g/mol. The van der Waals surface area contributed by atoms with E-state index in [-0.39, 0.29) is 17.4 Å². The Balaban J connectivity index is 2.05. The number of aliphatic hydroxyl groups is 1. The molecule has 0 atom stereocenters. The maximum Gasteiger partial charge on any atom is 0.301 e. The topological polar surface area (TPSA) is 85.3 Å². The van der Waals surface area contributed by atoms with E-state index in [1.54, 1.807) is 36.4 Å². The summed E-state index contributed by atoms with van der Waals surface area (Å²) in [5.41, 5.74) is 0.511. The number of rotatable bonds is 6. The second-order valence-electron chi connectivity index (χ2n) is 6.37. The summed E-state index contributed by atoms with van der Waals surface area (Å²) in [5.74, 6) is -0.862. The van der Waals surface area contributed by atoms with E-state index in [0.717, 1.165) is 4.90 Å². The van der Waals surface area contributed by atoms with E-state index in [4.69, 9.17) is 14.2 Å². The second kappa shape index (κ2) is 7.64. The highest BCUT2D eigenvalue weighted by Gasteiger charge is 2.41. The number of methoxy groups -OCH3 is 2. The molecule has 7 heteroatoms. The fraction of sp³-hybridized carbons (Fsp3) is 0.238. The number of benzene rings is 2. The first-order valence-corrected chi connectivity index (χ1v) is 8.69. The highest BCUT2D eigenvalue weighted by molar-refractivity contribution is 6.45. The molecule has 0 saturated heterocycles. The Morgan fingerprint density at radius 3 is 2.21 bits per heavy atom. The number of ether oxygens (including phenoxy) is 3. The molecule has 1 aliphatic rings. The van der Waals surface area contributed by atoms with Crippen molar-refractivity contribution in [2.45, 2.75) is 20.0 Å². The highest BCUT2D eigenvalue weighted by atomic mass is 16.5. The molecular weight excluding hydrogens is 362 g/mol. The van der Waals surface area contributed by atoms with Gasteiger partial charge in [-0.1, -0.05) is 18.2 Å². The summed E-state index contributed by atoms with van der Waals surface area (Å²) in [5, 5.41) is 10.4. The average molecular weight is 383 g/mol. The molecule has 2 aromatic rings. The number of nitrogens with zero attached hydrogens (tertiary/aromatic N) is 1. The van der Waals surface area contributed by atoms with Crippen molar-refractivity contribution in [3.63, 3.8) is 0 Å². The van der Waals surface area contributed by atoms with Crippen molar-refractivity contribution in [3.05, 3.63) is 53.8 Å². The maximum absolute atomic E-state index is 13.1. The van der Waals surface area contributed by atoms with Crippen LogP contribution in [0.2, 0.25) is 0 Å². The molecule has 3 rings (SSSR count). The number of hydrogen-bond donors (Lipinski definition) is 1. The molecule has 0 aromatic heterocycles. The van der Waals surface area contributed by atoms with Gasteiger partial charge in [0.2, 0.25) is 0 Å². The summed E-state index contributed by atoms with van der Waals surface area (Å²) in [6.45, 7) is 3.68. The number of carbonyl (C=O) groups is 2. The van der Waals surface area contributed by atoms with Crippen LogP contribution in [0.4, 0.5) is 5.69 Å². The lowest BCUT2D eigenvalue weighted by Gasteiger charge is -2.20. The predicted molar refractivity (Wildman–Crippen MR) is 104 cm³/mol. The van der Waals surface area contributed by atoms with Gasteiger partial charge < -0.3 is 19.3 Å². The Labute approximate surface area is 162 Å². The Kier molecular flexibility index (Phi) is 5.26. The summed E-state index contributed by atoms with van der Waals surface area (Å²) >= 11 is 0. The molecule has 1 heterocycles. The van der Waals surface area contributed by atoms with E-state index in [2.05, 4.69) is 0 Å². The van der Waals surface area contributed by atoms with E-state index in [0.29, 0.717) is 22.8 Å². The third-order valence-corrected chi connectivity index (χ3v) is 4.20. The lowest BCUT2D eigenvalue weighted by atomic mass is 10.0. The van der Waals surface area contributed by atoms with Crippen LogP contribution in [0.1, 0.15) is 19.4 Å². The summed E-state index contributed by atoms with van der Waals surface area (Å²) < 4.78 is 16.2. The van der Waals surface area contributed by atoms with Gasteiger partial charge in [-0.05, 0) is 43.7 Å². The van der Waals surface area contributed by atoms with Crippen LogP contribution in [0.25, 0.3) is 5.57 Å². The van der Waals surface area contributed by atoms with Gasteiger partial charge >= 0.3 is 5.91 Å². The summed E-state index contributed by atoms with van der Waals surface area (Å²) in [7, 11) is 2.95. The molecule has 0 spiro atoms. The number of amides is 2. The molecule has 1 N–H and O–H groups in total. The van der Waals surface area contributed by atoms with Crippen molar-refractivity contribution in [3.8, 4) is 17.2 Å². The lowest BCUT2D eigenvalue weighted by molar-refractivity contribution is -0.121. The van der Waals surface area contributed by atoms with Gasteiger partial charge in [-0.3, -0.25) is 9.59 Å². The van der Waals surface area contributed by atoms with Gasteiger partial charge in [0.1, 0.15) is 5.75 Å². The molecular formula is C21H21NO6. The first kappa shape index (κ1) is 19.3. The normalized spacial score (nSPS) is 14.1. The summed E-state index contributed by atoms with van der Waals surface area (Å²) in [6.07, 6.45) is -0.152. The first-order chi connectivity index (χ1) is 13.4. The Morgan fingerprint density at radius 1 is 0.893 bits per heavy atom. The van der Waals surface area contributed by atoms with Crippen LogP contribution >= 0.6 is 0 Å². The van der Waals surface area contributed by atoms with Crippen molar-refractivity contribution in [1.82, 2.24) is 0 Å². The smallest absolute Gasteiger partial charge is 0.301 e. The van der Waals surface area contributed by atoms with Crippen LogP contribution in [0.5, 0.6) is 17.2 Å². The molecule has 2 amide bonds. The Morgan fingerprint density at radius 2 is 1.57 bits per heavy atom. The van der Waals surface area contributed by atoms with Gasteiger partial charge in [0.15, 0.2) is 17.3 Å². The molecule has 1 aliphatic heterocycles. The van der Waals surface area contributed by atoms with Crippen molar-refractivity contribution in [2.75, 3.05) is 19.1 Å². The minimum absolute atomic E-state index is 0.106. The van der Waals surface area contributed by atoms with Crippen molar-refractivity contribution < 1.29 is 28.9 Å². The number of anilines is 1. The van der Waals surface area contributed by atoms with E-state index < -0.39 is 17.6 Å². The SMILES string of the molecule is COc1ccc(C2=C(O)C(=O)N(c3ccccc3OC(C)C)C2=O)cc1OC. The quantitative estimate of drug-likeness (QED) is 0.770. The molecule has 146 valence electrons. The van der Waals surface area contributed by atoms with Crippen LogP contribution in [-0.4, -0.2) is 37.2 Å². The molecule has 7 nitrogen and oxygen atoms in total. The number of para-hydroxylation sites is 2. The highest BCUT2D eigenvalue weighted by Crippen LogP contribution is 2.39. The number of imide groups is 1. The van der Waals surface area contributed by atoms with E-state index in [1.807, 2.05) is 13.8 Å². The van der Waals surface area contributed by atoms with E-state index in [1.165, 1.54) is 20.3 Å². The van der Waals surface area contributed by atoms with Gasteiger partial charge in [0.05, 0.1) is 31.6 Å². The van der Waals surface area contributed by atoms with Gasteiger partial charge in [-0.25, -0.2) is 4.90 Å². The minimum Gasteiger partial charge on any atom is -0.502 e. The Bertz CT molecular complexity index is 963. The predicted octanol–water partition coefficient (Wildman–Crippen LogP) is 3.33. The van der Waals surface area contributed by atoms with E-state index >= 15 is 0 Å². The standard InChI is InChI=1S/C21H21NO6/c1-12(2)28-15-8-6-5-7-14(15)22-20(24)18(19(23)21(22)25)13-9-10-16(26-3)17(11-13)27-4/h5-12,23H,1-4H3. The zero-order valence-electron chi connectivity index (χ0n) is 16.1. The van der Waals surface area contributed by atoms with Gasteiger partial charge in [0, 0.05) is 0 Å².